The molecule has 4 nitrogen and oxygen atoms in total. The fraction of sp³-hybridized carbons (Fsp3) is 0.350. The van der Waals surface area contributed by atoms with Crippen LogP contribution in [0, 0.1) is 0 Å². The average molecular weight is 324 g/mol. The van der Waals surface area contributed by atoms with Gasteiger partial charge in [-0.2, -0.15) is 0 Å². The van der Waals surface area contributed by atoms with Gasteiger partial charge in [-0.3, -0.25) is 4.79 Å². The van der Waals surface area contributed by atoms with Crippen LogP contribution < -0.4 is 15.6 Å². The molecular formula is C20H24N2O2. The van der Waals surface area contributed by atoms with Crippen LogP contribution in [-0.2, 0) is 0 Å². The van der Waals surface area contributed by atoms with E-state index in [1.165, 1.54) is 0 Å². The third kappa shape index (κ3) is 3.95. The van der Waals surface area contributed by atoms with Gasteiger partial charge in [0.25, 0.3) is 5.56 Å². The zero-order valence-corrected chi connectivity index (χ0v) is 14.0. The van der Waals surface area contributed by atoms with Crippen LogP contribution in [0.4, 0.5) is 0 Å². The standard InChI is InChI=1S/C20H24N2O2/c1-2-24-18-7-4-15(5-8-18)3-6-16-11-14-22-20(23)19(16)17-9-12-21-13-10-17/h3-8,11,14,17,21H,2,9-10,12-13H2,1H3,(H,22,23)/b6-3+. The lowest BCUT2D eigenvalue weighted by molar-refractivity contribution is 0.340. The minimum absolute atomic E-state index is 0.0377. The Bertz CT molecular complexity index is 741. The number of aromatic nitrogens is 1. The summed E-state index contributed by atoms with van der Waals surface area (Å²) in [6.07, 6.45) is 7.84. The summed E-state index contributed by atoms with van der Waals surface area (Å²) >= 11 is 0. The number of H-pyrrole nitrogens is 1. The maximum atomic E-state index is 12.3. The van der Waals surface area contributed by atoms with E-state index in [4.69, 9.17) is 4.74 Å². The van der Waals surface area contributed by atoms with E-state index in [9.17, 15) is 4.79 Å². The summed E-state index contributed by atoms with van der Waals surface area (Å²) in [5.74, 6) is 1.21. The minimum atomic E-state index is 0.0377. The van der Waals surface area contributed by atoms with Crippen molar-refractivity contribution in [1.82, 2.24) is 10.3 Å². The first-order chi connectivity index (χ1) is 11.8. The first-order valence-corrected chi connectivity index (χ1v) is 8.61. The number of benzene rings is 1. The zero-order valence-electron chi connectivity index (χ0n) is 14.0. The minimum Gasteiger partial charge on any atom is -0.494 e. The predicted octanol–water partition coefficient (Wildman–Crippen LogP) is 3.41. The number of rotatable bonds is 5. The number of ether oxygens (including phenoxy) is 1. The lowest BCUT2D eigenvalue weighted by Gasteiger charge is -2.23. The van der Waals surface area contributed by atoms with Gasteiger partial charge in [0.2, 0.25) is 0 Å². The van der Waals surface area contributed by atoms with E-state index in [2.05, 4.69) is 16.4 Å². The molecule has 24 heavy (non-hydrogen) atoms. The SMILES string of the molecule is CCOc1ccc(/C=C/c2cc[nH]c(=O)c2C2CCNCC2)cc1. The van der Waals surface area contributed by atoms with Gasteiger partial charge in [0.05, 0.1) is 6.61 Å². The molecule has 1 aromatic heterocycles. The van der Waals surface area contributed by atoms with E-state index < -0.39 is 0 Å². The maximum Gasteiger partial charge on any atom is 0.252 e. The van der Waals surface area contributed by atoms with Gasteiger partial charge in [-0.1, -0.05) is 24.3 Å². The molecule has 126 valence electrons. The van der Waals surface area contributed by atoms with E-state index in [0.717, 1.165) is 48.4 Å². The summed E-state index contributed by atoms with van der Waals surface area (Å²) in [5, 5.41) is 3.35. The van der Waals surface area contributed by atoms with E-state index >= 15 is 0 Å². The summed E-state index contributed by atoms with van der Waals surface area (Å²) in [6.45, 7) is 4.59. The summed E-state index contributed by atoms with van der Waals surface area (Å²) in [7, 11) is 0. The maximum absolute atomic E-state index is 12.3. The molecule has 0 atom stereocenters. The highest BCUT2D eigenvalue weighted by Gasteiger charge is 2.20. The molecular weight excluding hydrogens is 300 g/mol. The predicted molar refractivity (Wildman–Crippen MR) is 98.4 cm³/mol. The van der Waals surface area contributed by atoms with Gasteiger partial charge >= 0.3 is 0 Å². The highest BCUT2D eigenvalue weighted by molar-refractivity contribution is 5.71. The third-order valence-electron chi connectivity index (χ3n) is 4.43. The van der Waals surface area contributed by atoms with Crippen molar-refractivity contribution in [3.05, 3.63) is 63.6 Å². The van der Waals surface area contributed by atoms with Crippen molar-refractivity contribution >= 4 is 12.2 Å². The number of aromatic amines is 1. The van der Waals surface area contributed by atoms with Crippen LogP contribution in [0.5, 0.6) is 5.75 Å². The third-order valence-corrected chi connectivity index (χ3v) is 4.43. The number of hydrogen-bond acceptors (Lipinski definition) is 3. The average Bonchev–Trinajstić information content (AvgIpc) is 2.62. The normalized spacial score (nSPS) is 15.7. The molecule has 1 fully saturated rings. The second-order valence-corrected chi connectivity index (χ2v) is 6.04. The van der Waals surface area contributed by atoms with Crippen molar-refractivity contribution in [2.75, 3.05) is 19.7 Å². The topological polar surface area (TPSA) is 54.1 Å². The lowest BCUT2D eigenvalue weighted by atomic mass is 9.88. The fourth-order valence-electron chi connectivity index (χ4n) is 3.21. The Labute approximate surface area is 142 Å². The Morgan fingerprint density at radius 2 is 1.88 bits per heavy atom. The van der Waals surface area contributed by atoms with Crippen molar-refractivity contribution in [3.63, 3.8) is 0 Å². The molecule has 0 spiro atoms. The molecule has 0 bridgehead atoms. The Hall–Kier alpha value is -2.33. The van der Waals surface area contributed by atoms with Crippen molar-refractivity contribution in [2.24, 2.45) is 0 Å². The Morgan fingerprint density at radius 3 is 2.58 bits per heavy atom. The molecule has 1 aliphatic heterocycles. The molecule has 4 heteroatoms. The van der Waals surface area contributed by atoms with Crippen LogP contribution in [0.3, 0.4) is 0 Å². The molecule has 0 saturated carbocycles. The van der Waals surface area contributed by atoms with Crippen LogP contribution in [0.15, 0.2) is 41.3 Å². The molecule has 2 aromatic rings. The monoisotopic (exact) mass is 324 g/mol. The van der Waals surface area contributed by atoms with Crippen LogP contribution in [-0.4, -0.2) is 24.7 Å². The molecule has 1 saturated heterocycles. The molecule has 2 heterocycles. The van der Waals surface area contributed by atoms with Gasteiger partial charge in [0, 0.05) is 11.8 Å². The summed E-state index contributed by atoms with van der Waals surface area (Å²) in [5.41, 5.74) is 3.06. The molecule has 0 unspecified atom stereocenters. The van der Waals surface area contributed by atoms with Crippen LogP contribution in [0.25, 0.3) is 12.2 Å². The first-order valence-electron chi connectivity index (χ1n) is 8.61. The second kappa shape index (κ2) is 7.97. The quantitative estimate of drug-likeness (QED) is 0.886. The lowest BCUT2D eigenvalue weighted by Crippen LogP contribution is -2.30. The number of pyridine rings is 1. The first kappa shape index (κ1) is 16.5. The Balaban J connectivity index is 1.83. The zero-order chi connectivity index (χ0) is 16.8. The van der Waals surface area contributed by atoms with Gasteiger partial charge in [-0.05, 0) is 68.1 Å². The van der Waals surface area contributed by atoms with Crippen molar-refractivity contribution in [2.45, 2.75) is 25.7 Å². The van der Waals surface area contributed by atoms with E-state index in [-0.39, 0.29) is 5.56 Å². The highest BCUT2D eigenvalue weighted by Crippen LogP contribution is 2.26. The molecule has 0 aliphatic carbocycles. The summed E-state index contributed by atoms with van der Waals surface area (Å²) < 4.78 is 5.46. The number of piperidine rings is 1. The Morgan fingerprint density at radius 1 is 1.12 bits per heavy atom. The molecule has 1 aliphatic rings. The molecule has 0 radical (unpaired) electrons. The van der Waals surface area contributed by atoms with Crippen molar-refractivity contribution < 1.29 is 4.74 Å². The summed E-state index contributed by atoms with van der Waals surface area (Å²) in [4.78, 5) is 15.2. The van der Waals surface area contributed by atoms with Crippen molar-refractivity contribution in [1.29, 1.82) is 0 Å². The van der Waals surface area contributed by atoms with E-state index in [0.29, 0.717) is 12.5 Å². The van der Waals surface area contributed by atoms with Gasteiger partial charge in [0.1, 0.15) is 5.75 Å². The number of nitrogens with one attached hydrogen (secondary N) is 2. The van der Waals surface area contributed by atoms with Gasteiger partial charge in [-0.25, -0.2) is 0 Å². The van der Waals surface area contributed by atoms with Crippen molar-refractivity contribution in [3.8, 4) is 5.75 Å². The molecule has 0 amide bonds. The molecule has 2 N–H and O–H groups in total. The van der Waals surface area contributed by atoms with Gasteiger partial charge < -0.3 is 15.0 Å². The van der Waals surface area contributed by atoms with E-state index in [1.54, 1.807) is 6.20 Å². The van der Waals surface area contributed by atoms with Crippen LogP contribution >= 0.6 is 0 Å². The second-order valence-electron chi connectivity index (χ2n) is 6.04. The Kier molecular flexibility index (Phi) is 5.49. The fourth-order valence-corrected chi connectivity index (χ4v) is 3.21. The van der Waals surface area contributed by atoms with E-state index in [1.807, 2.05) is 43.3 Å². The van der Waals surface area contributed by atoms with Gasteiger partial charge in [-0.15, -0.1) is 0 Å². The van der Waals surface area contributed by atoms with Gasteiger partial charge in [0.15, 0.2) is 0 Å². The summed E-state index contributed by atoms with van der Waals surface area (Å²) in [6, 6.07) is 9.98. The number of hydrogen-bond donors (Lipinski definition) is 2. The largest absolute Gasteiger partial charge is 0.494 e. The molecule has 3 rings (SSSR count). The smallest absolute Gasteiger partial charge is 0.252 e. The van der Waals surface area contributed by atoms with Crippen LogP contribution in [0.2, 0.25) is 0 Å². The van der Waals surface area contributed by atoms with Crippen LogP contribution in [0.1, 0.15) is 42.4 Å². The molecule has 1 aromatic carbocycles. The highest BCUT2D eigenvalue weighted by atomic mass is 16.5.